The molecule has 0 amide bonds. The van der Waals surface area contributed by atoms with Gasteiger partial charge in [-0.05, 0) is 13.8 Å². The molecular weight excluding hydrogens is 328 g/mol. The number of hydrogen-bond acceptors (Lipinski definition) is 5. The van der Waals surface area contributed by atoms with Crippen molar-refractivity contribution >= 4 is 11.4 Å². The molecule has 0 atom stereocenters. The minimum Gasteiger partial charge on any atom is -0.337 e. The maximum Gasteiger partial charge on any atom is 0.218 e. The maximum atomic E-state index is 12.7. The second-order valence-electron chi connectivity index (χ2n) is 6.28. The summed E-state index contributed by atoms with van der Waals surface area (Å²) in [6, 6.07) is 9.89. The number of carbonyl (C=O) groups excluding carboxylic acids is 1. The molecule has 0 saturated heterocycles. The Morgan fingerprint density at radius 2 is 1.88 bits per heavy atom. The van der Waals surface area contributed by atoms with Crippen LogP contribution in [0.1, 0.15) is 27.8 Å². The maximum absolute atomic E-state index is 12.7. The Labute approximate surface area is 150 Å². The summed E-state index contributed by atoms with van der Waals surface area (Å²) in [6.07, 6.45) is 3.79. The number of fused-ring (bicyclic) bond motifs is 1. The van der Waals surface area contributed by atoms with Crippen LogP contribution in [0.15, 0.2) is 42.7 Å². The van der Waals surface area contributed by atoms with Crippen molar-refractivity contribution in [3.8, 4) is 11.3 Å². The van der Waals surface area contributed by atoms with E-state index in [1.165, 1.54) is 0 Å². The topological polar surface area (TPSA) is 78.0 Å². The van der Waals surface area contributed by atoms with Crippen LogP contribution in [0.3, 0.4) is 0 Å². The number of hydrogen-bond donors (Lipinski definition) is 0. The van der Waals surface area contributed by atoms with Gasteiger partial charge in [-0.3, -0.25) is 9.78 Å². The second kappa shape index (κ2) is 6.18. The first kappa shape index (κ1) is 16.1. The fourth-order valence-corrected chi connectivity index (χ4v) is 2.85. The van der Waals surface area contributed by atoms with E-state index >= 15 is 0 Å². The standard InChI is InChI=1S/C19H18N6O/c1-12-10-20-13(2)19-22-18(23-25(12)19)16(26)9-17-21-15(11-24(17)3)14-7-5-4-6-8-14/h4-8,10-11H,9H2,1-3H3. The average molecular weight is 346 g/mol. The molecule has 0 fully saturated rings. The number of benzene rings is 1. The number of Topliss-reactive ketones (excluding diaryl/α,β-unsaturated/α-hetero) is 1. The van der Waals surface area contributed by atoms with Gasteiger partial charge in [0.05, 0.1) is 23.5 Å². The summed E-state index contributed by atoms with van der Waals surface area (Å²) in [6.45, 7) is 3.73. The zero-order chi connectivity index (χ0) is 18.3. The van der Waals surface area contributed by atoms with Gasteiger partial charge < -0.3 is 4.57 Å². The van der Waals surface area contributed by atoms with Gasteiger partial charge in [-0.25, -0.2) is 14.5 Å². The van der Waals surface area contributed by atoms with E-state index in [2.05, 4.69) is 20.1 Å². The van der Waals surface area contributed by atoms with Crippen molar-refractivity contribution in [1.82, 2.24) is 29.1 Å². The highest BCUT2D eigenvalue weighted by molar-refractivity contribution is 5.94. The molecule has 3 aromatic heterocycles. The van der Waals surface area contributed by atoms with Crippen LogP contribution in [0.2, 0.25) is 0 Å². The van der Waals surface area contributed by atoms with E-state index in [1.807, 2.05) is 62.0 Å². The third kappa shape index (κ3) is 2.77. The Balaban J connectivity index is 1.64. The molecule has 0 bridgehead atoms. The predicted octanol–water partition coefficient (Wildman–Crippen LogP) is 2.57. The minimum absolute atomic E-state index is 0.145. The summed E-state index contributed by atoms with van der Waals surface area (Å²) in [5.41, 5.74) is 4.05. The Kier molecular flexibility index (Phi) is 3.84. The SMILES string of the molecule is Cc1ncc(C)n2nc(C(=O)Cc3nc(-c4ccccc4)cn3C)nc12. The fraction of sp³-hybridized carbons (Fsp3) is 0.211. The van der Waals surface area contributed by atoms with E-state index in [0.29, 0.717) is 11.5 Å². The zero-order valence-electron chi connectivity index (χ0n) is 14.8. The third-order valence-corrected chi connectivity index (χ3v) is 4.32. The molecule has 26 heavy (non-hydrogen) atoms. The first-order valence-electron chi connectivity index (χ1n) is 8.33. The van der Waals surface area contributed by atoms with Crippen LogP contribution in [0.5, 0.6) is 0 Å². The monoisotopic (exact) mass is 346 g/mol. The normalized spacial score (nSPS) is 11.2. The smallest absolute Gasteiger partial charge is 0.218 e. The Morgan fingerprint density at radius 3 is 2.62 bits per heavy atom. The molecule has 0 N–H and O–H groups in total. The molecule has 0 saturated carbocycles. The van der Waals surface area contributed by atoms with Crippen LogP contribution >= 0.6 is 0 Å². The van der Waals surface area contributed by atoms with E-state index in [0.717, 1.165) is 22.6 Å². The lowest BCUT2D eigenvalue weighted by Gasteiger charge is -1.98. The summed E-state index contributed by atoms with van der Waals surface area (Å²) in [7, 11) is 1.89. The minimum atomic E-state index is -0.166. The number of carbonyl (C=O) groups is 1. The van der Waals surface area contributed by atoms with Gasteiger partial charge in [0, 0.05) is 25.0 Å². The summed E-state index contributed by atoms with van der Waals surface area (Å²) >= 11 is 0. The molecule has 7 heteroatoms. The molecule has 4 aromatic rings. The van der Waals surface area contributed by atoms with Gasteiger partial charge in [-0.15, -0.1) is 5.10 Å². The lowest BCUT2D eigenvalue weighted by Crippen LogP contribution is -2.10. The van der Waals surface area contributed by atoms with Crippen LogP contribution < -0.4 is 0 Å². The van der Waals surface area contributed by atoms with Gasteiger partial charge in [0.15, 0.2) is 5.65 Å². The molecule has 130 valence electrons. The first-order chi connectivity index (χ1) is 12.5. The van der Waals surface area contributed by atoms with E-state index in [-0.39, 0.29) is 18.0 Å². The number of imidazole rings is 1. The number of ketones is 1. The molecule has 0 spiro atoms. The van der Waals surface area contributed by atoms with Crippen molar-refractivity contribution in [1.29, 1.82) is 0 Å². The van der Waals surface area contributed by atoms with Crippen LogP contribution in [0.25, 0.3) is 16.9 Å². The predicted molar refractivity (Wildman–Crippen MR) is 96.9 cm³/mol. The lowest BCUT2D eigenvalue weighted by molar-refractivity contribution is 0.0980. The number of aryl methyl sites for hydroxylation is 3. The van der Waals surface area contributed by atoms with Gasteiger partial charge in [0.25, 0.3) is 0 Å². The average Bonchev–Trinajstić information content (AvgIpc) is 3.25. The molecule has 3 heterocycles. The molecule has 7 nitrogen and oxygen atoms in total. The van der Waals surface area contributed by atoms with Crippen LogP contribution in [-0.4, -0.2) is 34.9 Å². The van der Waals surface area contributed by atoms with Crippen LogP contribution in [0, 0.1) is 13.8 Å². The number of rotatable bonds is 4. The molecule has 0 unspecified atom stereocenters. The molecule has 0 aliphatic rings. The Hall–Kier alpha value is -3.35. The van der Waals surface area contributed by atoms with Crippen molar-refractivity contribution in [2.45, 2.75) is 20.3 Å². The Bertz CT molecular complexity index is 1070. The summed E-state index contributed by atoms with van der Waals surface area (Å²) in [5.74, 6) is 0.702. The van der Waals surface area contributed by atoms with Crippen molar-refractivity contribution < 1.29 is 4.79 Å². The summed E-state index contributed by atoms with van der Waals surface area (Å²) in [4.78, 5) is 25.9. The number of nitrogens with zero attached hydrogens (tertiary/aromatic N) is 6. The highest BCUT2D eigenvalue weighted by Crippen LogP contribution is 2.18. The van der Waals surface area contributed by atoms with Crippen molar-refractivity contribution in [2.75, 3.05) is 0 Å². The lowest BCUT2D eigenvalue weighted by atomic mass is 10.2. The molecule has 0 aliphatic heterocycles. The highest BCUT2D eigenvalue weighted by Gasteiger charge is 2.18. The third-order valence-electron chi connectivity index (χ3n) is 4.32. The van der Waals surface area contributed by atoms with Gasteiger partial charge in [0.1, 0.15) is 5.82 Å². The molecule has 4 rings (SSSR count). The van der Waals surface area contributed by atoms with E-state index in [9.17, 15) is 4.79 Å². The first-order valence-corrected chi connectivity index (χ1v) is 8.33. The van der Waals surface area contributed by atoms with Crippen molar-refractivity contribution in [3.63, 3.8) is 0 Å². The van der Waals surface area contributed by atoms with Crippen LogP contribution in [0.4, 0.5) is 0 Å². The van der Waals surface area contributed by atoms with Gasteiger partial charge in [-0.2, -0.15) is 0 Å². The van der Waals surface area contributed by atoms with E-state index in [1.54, 1.807) is 10.7 Å². The van der Waals surface area contributed by atoms with E-state index < -0.39 is 0 Å². The molecular formula is C19H18N6O. The summed E-state index contributed by atoms with van der Waals surface area (Å²) < 4.78 is 3.53. The molecule has 0 radical (unpaired) electrons. The van der Waals surface area contributed by atoms with Crippen molar-refractivity contribution in [2.24, 2.45) is 7.05 Å². The van der Waals surface area contributed by atoms with E-state index in [4.69, 9.17) is 0 Å². The van der Waals surface area contributed by atoms with Gasteiger partial charge in [-0.1, -0.05) is 30.3 Å². The van der Waals surface area contributed by atoms with Gasteiger partial charge in [0.2, 0.25) is 11.6 Å². The Morgan fingerprint density at radius 1 is 1.12 bits per heavy atom. The van der Waals surface area contributed by atoms with Crippen molar-refractivity contribution in [3.05, 3.63) is 65.8 Å². The van der Waals surface area contributed by atoms with Crippen LogP contribution in [-0.2, 0) is 13.5 Å². The van der Waals surface area contributed by atoms with Gasteiger partial charge >= 0.3 is 0 Å². The quantitative estimate of drug-likeness (QED) is 0.531. The molecule has 1 aromatic carbocycles. The summed E-state index contributed by atoms with van der Waals surface area (Å²) in [5, 5.41) is 4.34. The highest BCUT2D eigenvalue weighted by atomic mass is 16.1. The second-order valence-corrected chi connectivity index (χ2v) is 6.28. The zero-order valence-corrected chi connectivity index (χ0v) is 14.8. The fourth-order valence-electron chi connectivity index (χ4n) is 2.85. The number of aromatic nitrogens is 6. The molecule has 0 aliphatic carbocycles. The largest absolute Gasteiger partial charge is 0.337 e.